The molecule has 0 heterocycles. The fourth-order valence-electron chi connectivity index (χ4n) is 1.31. The molecule has 0 radical (unpaired) electrons. The molecule has 1 rings (SSSR count). The lowest BCUT2D eigenvalue weighted by atomic mass is 10.2. The molecule has 0 bridgehead atoms. The zero-order valence-electron chi connectivity index (χ0n) is 9.93. The first-order valence-corrected chi connectivity index (χ1v) is 7.10. The topological polar surface area (TPSA) is 29.1 Å². The minimum atomic E-state index is -1.08. The van der Waals surface area contributed by atoms with Gasteiger partial charge in [-0.25, -0.2) is 8.78 Å². The van der Waals surface area contributed by atoms with Crippen LogP contribution in [0.1, 0.15) is 23.7 Å². The summed E-state index contributed by atoms with van der Waals surface area (Å²) in [6.07, 6.45) is 0.825. The van der Waals surface area contributed by atoms with E-state index in [1.54, 1.807) is 11.8 Å². The lowest BCUT2D eigenvalue weighted by molar-refractivity contribution is 0.0953. The Morgan fingerprint density at radius 2 is 2.06 bits per heavy atom. The molecule has 0 saturated carbocycles. The second-order valence-electron chi connectivity index (χ2n) is 3.55. The van der Waals surface area contributed by atoms with Gasteiger partial charge >= 0.3 is 0 Å². The number of nitrogens with one attached hydrogen (secondary N) is 1. The second kappa shape index (κ2) is 7.59. The molecule has 0 aliphatic heterocycles. The molecule has 0 aliphatic carbocycles. The molecule has 0 aliphatic rings. The number of hydrogen-bond acceptors (Lipinski definition) is 2. The molecule has 1 N–H and O–H groups in total. The number of thioether (sulfide) groups is 1. The van der Waals surface area contributed by atoms with Crippen LogP contribution >= 0.6 is 23.4 Å². The van der Waals surface area contributed by atoms with Gasteiger partial charge in [-0.05, 0) is 30.1 Å². The third kappa shape index (κ3) is 4.46. The first-order valence-electron chi connectivity index (χ1n) is 5.56. The van der Waals surface area contributed by atoms with Crippen LogP contribution < -0.4 is 5.32 Å². The molecular formula is C12H14ClF2NOS. The van der Waals surface area contributed by atoms with Crippen LogP contribution in [0.25, 0.3) is 0 Å². The fraction of sp³-hybridized carbons (Fsp3) is 0.417. The van der Waals surface area contributed by atoms with Gasteiger partial charge in [0.15, 0.2) is 11.6 Å². The maximum absolute atomic E-state index is 13.0. The number of rotatable bonds is 6. The lowest BCUT2D eigenvalue weighted by Crippen LogP contribution is -2.25. The molecule has 0 saturated heterocycles. The second-order valence-corrected chi connectivity index (χ2v) is 5.35. The summed E-state index contributed by atoms with van der Waals surface area (Å²) in [5, 5.41) is 2.53. The Balaban J connectivity index is 2.54. The molecule has 0 spiro atoms. The predicted molar refractivity (Wildman–Crippen MR) is 71.3 cm³/mol. The van der Waals surface area contributed by atoms with Gasteiger partial charge in [-0.1, -0.05) is 18.5 Å². The minimum Gasteiger partial charge on any atom is -0.352 e. The standard InChI is InChI=1S/C12H14ClF2NOS/c1-2-18-5-3-4-16-12(17)8-6-10(14)11(15)7-9(8)13/h6-7H,2-5H2,1H3,(H,16,17). The van der Waals surface area contributed by atoms with E-state index in [1.165, 1.54) is 0 Å². The van der Waals surface area contributed by atoms with E-state index >= 15 is 0 Å². The van der Waals surface area contributed by atoms with Gasteiger partial charge < -0.3 is 5.32 Å². The first-order chi connectivity index (χ1) is 8.56. The minimum absolute atomic E-state index is 0.0429. The highest BCUT2D eigenvalue weighted by molar-refractivity contribution is 7.99. The number of amides is 1. The average Bonchev–Trinajstić information content (AvgIpc) is 2.33. The smallest absolute Gasteiger partial charge is 0.252 e. The molecule has 0 atom stereocenters. The summed E-state index contributed by atoms with van der Waals surface area (Å²) < 4.78 is 25.8. The van der Waals surface area contributed by atoms with Crippen LogP contribution in [0.3, 0.4) is 0 Å². The Labute approximate surface area is 114 Å². The van der Waals surface area contributed by atoms with E-state index < -0.39 is 17.5 Å². The van der Waals surface area contributed by atoms with E-state index in [0.717, 1.165) is 30.1 Å². The zero-order chi connectivity index (χ0) is 13.5. The van der Waals surface area contributed by atoms with Gasteiger partial charge in [0.1, 0.15) is 0 Å². The summed E-state index contributed by atoms with van der Waals surface area (Å²) in [5.74, 6) is -0.645. The summed E-state index contributed by atoms with van der Waals surface area (Å²) in [6.45, 7) is 2.55. The number of carbonyl (C=O) groups excluding carboxylic acids is 1. The molecule has 0 unspecified atom stereocenters. The van der Waals surface area contributed by atoms with Crippen molar-refractivity contribution in [3.8, 4) is 0 Å². The van der Waals surface area contributed by atoms with E-state index in [1.807, 2.05) is 0 Å². The SMILES string of the molecule is CCSCCCNC(=O)c1cc(F)c(F)cc1Cl. The summed E-state index contributed by atoms with van der Waals surface area (Å²) in [4.78, 5) is 11.7. The molecule has 1 aromatic carbocycles. The molecule has 18 heavy (non-hydrogen) atoms. The molecule has 0 aromatic heterocycles. The van der Waals surface area contributed by atoms with Crippen molar-refractivity contribution in [3.63, 3.8) is 0 Å². The van der Waals surface area contributed by atoms with Crippen molar-refractivity contribution >= 4 is 29.3 Å². The van der Waals surface area contributed by atoms with Crippen LogP contribution in [0.15, 0.2) is 12.1 Å². The van der Waals surface area contributed by atoms with Crippen molar-refractivity contribution in [1.29, 1.82) is 0 Å². The summed E-state index contributed by atoms with van der Waals surface area (Å²) >= 11 is 7.46. The van der Waals surface area contributed by atoms with Crippen molar-refractivity contribution in [3.05, 3.63) is 34.4 Å². The largest absolute Gasteiger partial charge is 0.352 e. The highest BCUT2D eigenvalue weighted by atomic mass is 35.5. The fourth-order valence-corrected chi connectivity index (χ4v) is 2.19. The Morgan fingerprint density at radius 1 is 1.39 bits per heavy atom. The van der Waals surface area contributed by atoms with E-state index in [4.69, 9.17) is 11.6 Å². The number of hydrogen-bond donors (Lipinski definition) is 1. The summed E-state index contributed by atoms with van der Waals surface area (Å²) in [5.41, 5.74) is -0.0429. The van der Waals surface area contributed by atoms with Gasteiger partial charge in [-0.3, -0.25) is 4.79 Å². The summed E-state index contributed by atoms with van der Waals surface area (Å²) in [7, 11) is 0. The normalized spacial score (nSPS) is 10.4. The van der Waals surface area contributed by atoms with Gasteiger partial charge in [0, 0.05) is 6.54 Å². The van der Waals surface area contributed by atoms with Gasteiger partial charge in [0.25, 0.3) is 5.91 Å². The van der Waals surface area contributed by atoms with E-state index in [2.05, 4.69) is 12.2 Å². The Hall–Kier alpha value is -0.810. The summed E-state index contributed by atoms with van der Waals surface area (Å²) in [6, 6.07) is 1.62. The molecular weight excluding hydrogens is 280 g/mol. The maximum Gasteiger partial charge on any atom is 0.252 e. The zero-order valence-corrected chi connectivity index (χ0v) is 11.5. The number of benzene rings is 1. The van der Waals surface area contributed by atoms with E-state index in [9.17, 15) is 13.6 Å². The van der Waals surface area contributed by atoms with Crippen LogP contribution in [-0.2, 0) is 0 Å². The third-order valence-corrected chi connectivity index (χ3v) is 3.51. The van der Waals surface area contributed by atoms with E-state index in [-0.39, 0.29) is 10.6 Å². The van der Waals surface area contributed by atoms with Crippen molar-refractivity contribution in [2.75, 3.05) is 18.1 Å². The van der Waals surface area contributed by atoms with Gasteiger partial charge in [-0.2, -0.15) is 11.8 Å². The van der Waals surface area contributed by atoms with Crippen LogP contribution in [0.2, 0.25) is 5.02 Å². The Morgan fingerprint density at radius 3 is 2.72 bits per heavy atom. The Bertz CT molecular complexity index is 429. The molecule has 100 valence electrons. The highest BCUT2D eigenvalue weighted by Gasteiger charge is 2.14. The monoisotopic (exact) mass is 293 g/mol. The van der Waals surface area contributed by atoms with Crippen molar-refractivity contribution in [2.24, 2.45) is 0 Å². The van der Waals surface area contributed by atoms with Crippen LogP contribution in [0.4, 0.5) is 8.78 Å². The van der Waals surface area contributed by atoms with Gasteiger partial charge in [0.05, 0.1) is 10.6 Å². The van der Waals surface area contributed by atoms with Gasteiger partial charge in [0.2, 0.25) is 0 Å². The molecule has 1 aromatic rings. The first kappa shape index (κ1) is 15.2. The average molecular weight is 294 g/mol. The molecule has 6 heteroatoms. The van der Waals surface area contributed by atoms with Crippen LogP contribution in [0.5, 0.6) is 0 Å². The molecule has 1 amide bonds. The van der Waals surface area contributed by atoms with Crippen LogP contribution in [-0.4, -0.2) is 24.0 Å². The van der Waals surface area contributed by atoms with Crippen molar-refractivity contribution < 1.29 is 13.6 Å². The van der Waals surface area contributed by atoms with Gasteiger partial charge in [-0.15, -0.1) is 0 Å². The maximum atomic E-state index is 13.0. The third-order valence-electron chi connectivity index (χ3n) is 2.21. The predicted octanol–water partition coefficient (Wildman–Crippen LogP) is 3.49. The number of halogens is 3. The molecule has 0 fully saturated rings. The quantitative estimate of drug-likeness (QED) is 0.642. The van der Waals surface area contributed by atoms with Crippen molar-refractivity contribution in [1.82, 2.24) is 5.32 Å². The lowest BCUT2D eigenvalue weighted by Gasteiger charge is -2.07. The molecule has 2 nitrogen and oxygen atoms in total. The van der Waals surface area contributed by atoms with E-state index in [0.29, 0.717) is 6.54 Å². The Kier molecular flexibility index (Phi) is 6.43. The highest BCUT2D eigenvalue weighted by Crippen LogP contribution is 2.19. The number of carbonyl (C=O) groups is 1. The van der Waals surface area contributed by atoms with Crippen molar-refractivity contribution in [2.45, 2.75) is 13.3 Å². The van der Waals surface area contributed by atoms with Crippen LogP contribution in [0, 0.1) is 11.6 Å².